The quantitative estimate of drug-likeness (QED) is 0.757. The summed E-state index contributed by atoms with van der Waals surface area (Å²) in [5.41, 5.74) is 0.976. The van der Waals surface area contributed by atoms with Gasteiger partial charge in [0.05, 0.1) is 11.0 Å². The first-order valence-electron chi connectivity index (χ1n) is 8.68. The number of sulfonamides is 1. The molecule has 6 nitrogen and oxygen atoms in total. The van der Waals surface area contributed by atoms with Crippen LogP contribution >= 0.6 is 0 Å². The first-order chi connectivity index (χ1) is 12.9. The predicted octanol–water partition coefficient (Wildman–Crippen LogP) is 2.21. The van der Waals surface area contributed by atoms with Crippen LogP contribution in [-0.4, -0.2) is 33.6 Å². The molecule has 0 aromatic heterocycles. The van der Waals surface area contributed by atoms with E-state index in [1.807, 2.05) is 0 Å². The number of hydrogen-bond acceptors (Lipinski definition) is 4. The Labute approximate surface area is 157 Å². The molecule has 1 aliphatic heterocycles. The minimum atomic E-state index is -3.73. The number of rotatable bonds is 7. The third-order valence-corrected chi connectivity index (χ3v) is 5.72. The molecule has 2 N–H and O–H groups in total. The van der Waals surface area contributed by atoms with Gasteiger partial charge in [-0.3, -0.25) is 4.79 Å². The molecule has 1 aliphatic rings. The van der Waals surface area contributed by atoms with Gasteiger partial charge < -0.3 is 10.1 Å². The molecule has 0 bridgehead atoms. The molecule has 1 amide bonds. The van der Waals surface area contributed by atoms with Crippen LogP contribution < -0.4 is 10.0 Å². The lowest BCUT2D eigenvalue weighted by atomic mass is 10.2. The topological polar surface area (TPSA) is 84.5 Å². The highest BCUT2D eigenvalue weighted by Gasteiger charge is 2.21. The molecular formula is C19H21FN2O4S. The molecule has 1 heterocycles. The zero-order chi connectivity index (χ0) is 19.3. The van der Waals surface area contributed by atoms with Crippen molar-refractivity contribution in [3.63, 3.8) is 0 Å². The van der Waals surface area contributed by atoms with Crippen molar-refractivity contribution in [2.24, 2.45) is 0 Å². The summed E-state index contributed by atoms with van der Waals surface area (Å²) in [6.45, 7) is 1.08. The number of amides is 1. The number of benzene rings is 2. The van der Waals surface area contributed by atoms with E-state index in [9.17, 15) is 17.6 Å². The van der Waals surface area contributed by atoms with Gasteiger partial charge >= 0.3 is 0 Å². The van der Waals surface area contributed by atoms with Crippen molar-refractivity contribution in [2.45, 2.75) is 30.4 Å². The van der Waals surface area contributed by atoms with Crippen molar-refractivity contribution in [2.75, 3.05) is 13.2 Å². The number of nitrogens with one attached hydrogen (secondary N) is 2. The molecule has 0 radical (unpaired) electrons. The second-order valence-corrected chi connectivity index (χ2v) is 8.09. The Morgan fingerprint density at radius 2 is 1.96 bits per heavy atom. The van der Waals surface area contributed by atoms with E-state index in [1.165, 1.54) is 30.3 Å². The first kappa shape index (κ1) is 19.5. The molecule has 3 rings (SSSR count). The van der Waals surface area contributed by atoms with E-state index < -0.39 is 15.9 Å². The lowest BCUT2D eigenvalue weighted by Crippen LogP contribution is -2.32. The second-order valence-electron chi connectivity index (χ2n) is 6.32. The Morgan fingerprint density at radius 1 is 1.19 bits per heavy atom. The summed E-state index contributed by atoms with van der Waals surface area (Å²) < 4.78 is 45.7. The van der Waals surface area contributed by atoms with Crippen LogP contribution in [-0.2, 0) is 21.3 Å². The lowest BCUT2D eigenvalue weighted by Gasteiger charge is -2.12. The van der Waals surface area contributed by atoms with Crippen LogP contribution in [0.25, 0.3) is 0 Å². The largest absolute Gasteiger partial charge is 0.377 e. The third-order valence-electron chi connectivity index (χ3n) is 4.30. The zero-order valence-corrected chi connectivity index (χ0v) is 15.5. The number of carbonyl (C=O) groups excluding carboxylic acids is 1. The van der Waals surface area contributed by atoms with E-state index in [0.29, 0.717) is 6.61 Å². The molecule has 2 aromatic carbocycles. The molecule has 144 valence electrons. The van der Waals surface area contributed by atoms with Crippen molar-refractivity contribution in [3.8, 4) is 0 Å². The van der Waals surface area contributed by atoms with Gasteiger partial charge in [0.15, 0.2) is 0 Å². The third kappa shape index (κ3) is 5.35. The summed E-state index contributed by atoms with van der Waals surface area (Å²) >= 11 is 0. The molecule has 0 aliphatic carbocycles. The molecule has 0 spiro atoms. The molecule has 0 saturated carbocycles. The highest BCUT2D eigenvalue weighted by Crippen LogP contribution is 2.15. The van der Waals surface area contributed by atoms with Crippen LogP contribution in [0.5, 0.6) is 0 Å². The summed E-state index contributed by atoms with van der Waals surface area (Å²) in [6.07, 6.45) is 1.65. The number of carbonyl (C=O) groups is 1. The van der Waals surface area contributed by atoms with Crippen LogP contribution in [0.3, 0.4) is 0 Å². The smallest absolute Gasteiger partial charge is 0.251 e. The Hall–Kier alpha value is -2.29. The van der Waals surface area contributed by atoms with Crippen molar-refractivity contribution < 1.29 is 22.3 Å². The monoisotopic (exact) mass is 392 g/mol. The fraction of sp³-hybridized carbons (Fsp3) is 0.316. The molecule has 1 atom stereocenters. The predicted molar refractivity (Wildman–Crippen MR) is 98.2 cm³/mol. The van der Waals surface area contributed by atoms with E-state index in [2.05, 4.69) is 10.0 Å². The maximum absolute atomic E-state index is 12.9. The molecule has 1 fully saturated rings. The maximum atomic E-state index is 12.9. The number of halogens is 1. The number of ether oxygens (including phenoxy) is 1. The van der Waals surface area contributed by atoms with Gasteiger partial charge in [0.2, 0.25) is 10.0 Å². The SMILES string of the molecule is O=C(NCc1ccc(F)cc1)c1cccc(S(=O)(=O)NCC2CCCO2)c1. The first-order valence-corrected chi connectivity index (χ1v) is 10.2. The minimum Gasteiger partial charge on any atom is -0.377 e. The summed E-state index contributed by atoms with van der Waals surface area (Å²) in [6, 6.07) is 11.6. The highest BCUT2D eigenvalue weighted by atomic mass is 32.2. The van der Waals surface area contributed by atoms with E-state index in [1.54, 1.807) is 18.2 Å². The zero-order valence-electron chi connectivity index (χ0n) is 14.7. The molecule has 2 aromatic rings. The molecule has 1 saturated heterocycles. The van der Waals surface area contributed by atoms with Crippen LogP contribution in [0.1, 0.15) is 28.8 Å². The standard InChI is InChI=1S/C19H21FN2O4S/c20-16-8-6-14(7-9-16)12-21-19(23)15-3-1-5-18(11-15)27(24,25)22-13-17-4-2-10-26-17/h1,3,5-9,11,17,22H,2,4,10,12-13H2,(H,21,23). The fourth-order valence-corrected chi connectivity index (χ4v) is 3.89. The van der Waals surface area contributed by atoms with E-state index in [-0.39, 0.29) is 35.5 Å². The second kappa shape index (κ2) is 8.60. The summed E-state index contributed by atoms with van der Waals surface area (Å²) in [5.74, 6) is -0.756. The molecule has 1 unspecified atom stereocenters. The van der Waals surface area contributed by atoms with Gasteiger partial charge in [-0.2, -0.15) is 0 Å². The van der Waals surface area contributed by atoms with E-state index in [4.69, 9.17) is 4.74 Å². The normalized spacial score (nSPS) is 17.0. The summed E-state index contributed by atoms with van der Waals surface area (Å²) in [4.78, 5) is 12.3. The van der Waals surface area contributed by atoms with Crippen molar-refractivity contribution >= 4 is 15.9 Å². The maximum Gasteiger partial charge on any atom is 0.251 e. The van der Waals surface area contributed by atoms with E-state index in [0.717, 1.165) is 18.4 Å². The van der Waals surface area contributed by atoms with Crippen molar-refractivity contribution in [1.82, 2.24) is 10.0 Å². The fourth-order valence-electron chi connectivity index (χ4n) is 2.78. The number of hydrogen-bond donors (Lipinski definition) is 2. The molecule has 27 heavy (non-hydrogen) atoms. The molecule has 8 heteroatoms. The van der Waals surface area contributed by atoms with Gasteiger partial charge in [-0.1, -0.05) is 18.2 Å². The average molecular weight is 392 g/mol. The van der Waals surface area contributed by atoms with Crippen LogP contribution in [0, 0.1) is 5.82 Å². The highest BCUT2D eigenvalue weighted by molar-refractivity contribution is 7.89. The van der Waals surface area contributed by atoms with Crippen molar-refractivity contribution in [3.05, 3.63) is 65.5 Å². The Bertz CT molecular complexity index is 894. The van der Waals surface area contributed by atoms with Gasteiger partial charge in [0.1, 0.15) is 5.82 Å². The lowest BCUT2D eigenvalue weighted by molar-refractivity contribution is 0.0950. The van der Waals surface area contributed by atoms with Crippen LogP contribution in [0.2, 0.25) is 0 Å². The Balaban J connectivity index is 1.62. The summed E-state index contributed by atoms with van der Waals surface area (Å²) in [5, 5.41) is 2.69. The van der Waals surface area contributed by atoms with Gasteiger partial charge in [-0.05, 0) is 48.7 Å². The Morgan fingerprint density at radius 3 is 2.67 bits per heavy atom. The van der Waals surface area contributed by atoms with Gasteiger partial charge in [-0.25, -0.2) is 17.5 Å². The average Bonchev–Trinajstić information content (AvgIpc) is 3.20. The van der Waals surface area contributed by atoms with E-state index >= 15 is 0 Å². The van der Waals surface area contributed by atoms with Gasteiger partial charge in [-0.15, -0.1) is 0 Å². The van der Waals surface area contributed by atoms with Crippen LogP contribution in [0.4, 0.5) is 4.39 Å². The van der Waals surface area contributed by atoms with Crippen LogP contribution in [0.15, 0.2) is 53.4 Å². The minimum absolute atomic E-state index is 0.0231. The molecular weight excluding hydrogens is 371 g/mol. The van der Waals surface area contributed by atoms with Crippen molar-refractivity contribution in [1.29, 1.82) is 0 Å². The Kier molecular flexibility index (Phi) is 6.20. The van der Waals surface area contributed by atoms with Gasteiger partial charge in [0, 0.05) is 25.3 Å². The van der Waals surface area contributed by atoms with Gasteiger partial charge in [0.25, 0.3) is 5.91 Å². The summed E-state index contributed by atoms with van der Waals surface area (Å²) in [7, 11) is -3.73.